The summed E-state index contributed by atoms with van der Waals surface area (Å²) in [5, 5.41) is 3.47. The van der Waals surface area contributed by atoms with E-state index >= 15 is 0 Å². The molecular formula is C22H31ClN4O3. The molecule has 3 amide bonds. The first-order chi connectivity index (χ1) is 14.2. The summed E-state index contributed by atoms with van der Waals surface area (Å²) in [6, 6.07) is 0.820. The number of nitrogens with zero attached hydrogens (tertiary/aromatic N) is 1. The molecule has 8 heteroatoms. The molecule has 164 valence electrons. The molecule has 4 aliphatic rings. The number of hydrogen-bond acceptors (Lipinski definition) is 3. The highest BCUT2D eigenvalue weighted by Gasteiger charge is 2.55. The zero-order valence-corrected chi connectivity index (χ0v) is 18.6. The van der Waals surface area contributed by atoms with Gasteiger partial charge in [-0.1, -0.05) is 25.4 Å². The van der Waals surface area contributed by atoms with Gasteiger partial charge in [0.25, 0.3) is 11.8 Å². The molecule has 0 aliphatic heterocycles. The van der Waals surface area contributed by atoms with Crippen molar-refractivity contribution >= 4 is 29.3 Å². The van der Waals surface area contributed by atoms with Crippen molar-refractivity contribution in [1.29, 1.82) is 0 Å². The van der Waals surface area contributed by atoms with Crippen molar-refractivity contribution in [3.63, 3.8) is 0 Å². The van der Waals surface area contributed by atoms with Gasteiger partial charge < -0.3 is 9.88 Å². The fourth-order valence-electron chi connectivity index (χ4n) is 6.23. The average Bonchev–Trinajstić information content (AvgIpc) is 3.00. The van der Waals surface area contributed by atoms with Gasteiger partial charge in [0.2, 0.25) is 5.91 Å². The van der Waals surface area contributed by atoms with Crippen LogP contribution in [0.3, 0.4) is 0 Å². The van der Waals surface area contributed by atoms with Crippen molar-refractivity contribution < 1.29 is 14.4 Å². The minimum atomic E-state index is -0.706. The highest BCUT2D eigenvalue weighted by Crippen LogP contribution is 2.60. The molecule has 0 spiro atoms. The van der Waals surface area contributed by atoms with Crippen molar-refractivity contribution in [3.05, 3.63) is 23.0 Å². The third kappa shape index (κ3) is 3.96. The van der Waals surface area contributed by atoms with E-state index in [0.717, 1.165) is 19.3 Å². The molecule has 4 aliphatic carbocycles. The fourth-order valence-corrected chi connectivity index (χ4v) is 6.48. The van der Waals surface area contributed by atoms with Gasteiger partial charge in [-0.05, 0) is 68.3 Å². The number of halogens is 1. The summed E-state index contributed by atoms with van der Waals surface area (Å²) in [4.78, 5) is 38.5. The van der Waals surface area contributed by atoms with E-state index in [1.165, 1.54) is 25.3 Å². The summed E-state index contributed by atoms with van der Waals surface area (Å²) < 4.78 is 1.58. The molecule has 1 aromatic rings. The van der Waals surface area contributed by atoms with Crippen LogP contribution in [0.4, 0.5) is 0 Å². The lowest BCUT2D eigenvalue weighted by molar-refractivity contribution is -0.149. The first-order valence-corrected chi connectivity index (χ1v) is 11.3. The summed E-state index contributed by atoms with van der Waals surface area (Å²) in [5.41, 5.74) is 4.91. The molecule has 1 aromatic heterocycles. The zero-order chi connectivity index (χ0) is 21.6. The molecule has 30 heavy (non-hydrogen) atoms. The minimum absolute atomic E-state index is 0.0102. The van der Waals surface area contributed by atoms with Gasteiger partial charge in [-0.25, -0.2) is 0 Å². The molecule has 3 N–H and O–H groups in total. The van der Waals surface area contributed by atoms with E-state index in [0.29, 0.717) is 28.5 Å². The molecule has 4 saturated carbocycles. The molecule has 4 fully saturated rings. The lowest BCUT2D eigenvalue weighted by Gasteiger charge is -2.55. The van der Waals surface area contributed by atoms with Crippen molar-refractivity contribution in [2.45, 2.75) is 58.4 Å². The van der Waals surface area contributed by atoms with E-state index < -0.39 is 17.9 Å². The number of aromatic nitrogens is 1. The number of amides is 3. The van der Waals surface area contributed by atoms with Crippen molar-refractivity contribution in [2.24, 2.45) is 36.1 Å². The number of carbonyl (C=O) groups is 3. The summed E-state index contributed by atoms with van der Waals surface area (Å²) in [6.45, 7) is 3.78. The van der Waals surface area contributed by atoms with Gasteiger partial charge in [0, 0.05) is 18.7 Å². The quantitative estimate of drug-likeness (QED) is 0.622. The molecule has 1 atom stereocenters. The van der Waals surface area contributed by atoms with Crippen LogP contribution >= 0.6 is 11.6 Å². The Morgan fingerprint density at radius 2 is 1.63 bits per heavy atom. The van der Waals surface area contributed by atoms with Gasteiger partial charge in [0.05, 0.1) is 5.02 Å². The van der Waals surface area contributed by atoms with Crippen LogP contribution in [-0.4, -0.2) is 28.3 Å². The third-order valence-corrected chi connectivity index (χ3v) is 7.47. The Kier molecular flexibility index (Phi) is 5.60. The minimum Gasteiger partial charge on any atom is -0.345 e. The maximum absolute atomic E-state index is 13.3. The number of carbonyl (C=O) groups excluding carboxylic acids is 3. The highest BCUT2D eigenvalue weighted by atomic mass is 35.5. The second-order valence-electron chi connectivity index (χ2n) is 9.99. The molecule has 1 heterocycles. The van der Waals surface area contributed by atoms with Crippen LogP contribution in [0.2, 0.25) is 5.02 Å². The first kappa shape index (κ1) is 21.2. The maximum atomic E-state index is 13.3. The molecule has 0 radical (unpaired) electrons. The van der Waals surface area contributed by atoms with E-state index in [4.69, 9.17) is 11.6 Å². The Labute approximate surface area is 182 Å². The van der Waals surface area contributed by atoms with E-state index in [2.05, 4.69) is 16.2 Å². The molecule has 0 unspecified atom stereocenters. The predicted octanol–water partition coefficient (Wildman–Crippen LogP) is 2.80. The lowest BCUT2D eigenvalue weighted by atomic mass is 9.49. The summed E-state index contributed by atoms with van der Waals surface area (Å²) in [6.07, 6.45) is 8.23. The van der Waals surface area contributed by atoms with Crippen molar-refractivity contribution in [1.82, 2.24) is 20.7 Å². The van der Waals surface area contributed by atoms with Crippen LogP contribution in [0.25, 0.3) is 0 Å². The average molecular weight is 435 g/mol. The molecule has 0 aromatic carbocycles. The maximum Gasteiger partial charge on any atom is 0.286 e. The molecule has 7 nitrogen and oxygen atoms in total. The van der Waals surface area contributed by atoms with Crippen LogP contribution in [0.5, 0.6) is 0 Å². The van der Waals surface area contributed by atoms with Crippen LogP contribution in [0, 0.1) is 29.1 Å². The molecular weight excluding hydrogens is 404 g/mol. The molecule has 0 saturated heterocycles. The number of aryl methyl sites for hydroxylation is 1. The van der Waals surface area contributed by atoms with E-state index in [-0.39, 0.29) is 17.2 Å². The molecule has 5 rings (SSSR count). The normalized spacial score (nSPS) is 30.2. The van der Waals surface area contributed by atoms with Gasteiger partial charge in [-0.15, -0.1) is 0 Å². The van der Waals surface area contributed by atoms with E-state index in [1.54, 1.807) is 17.8 Å². The van der Waals surface area contributed by atoms with Crippen LogP contribution in [-0.2, 0) is 16.6 Å². The topological polar surface area (TPSA) is 92.2 Å². The highest BCUT2D eigenvalue weighted by molar-refractivity contribution is 6.31. The monoisotopic (exact) mass is 434 g/mol. The first-order valence-electron chi connectivity index (χ1n) is 10.9. The Morgan fingerprint density at radius 1 is 1.07 bits per heavy atom. The largest absolute Gasteiger partial charge is 0.345 e. The van der Waals surface area contributed by atoms with Crippen LogP contribution in [0.15, 0.2) is 12.3 Å². The van der Waals surface area contributed by atoms with Crippen molar-refractivity contribution in [3.8, 4) is 0 Å². The summed E-state index contributed by atoms with van der Waals surface area (Å²) in [5.74, 6) is 0.990. The Balaban J connectivity index is 1.39. The lowest BCUT2D eigenvalue weighted by Crippen LogP contribution is -2.59. The number of hydrogen-bond donors (Lipinski definition) is 3. The predicted molar refractivity (Wildman–Crippen MR) is 113 cm³/mol. The second-order valence-corrected chi connectivity index (χ2v) is 10.4. The number of nitrogens with one attached hydrogen (secondary N) is 3. The van der Waals surface area contributed by atoms with Crippen LogP contribution < -0.4 is 16.2 Å². The summed E-state index contributed by atoms with van der Waals surface area (Å²) >= 11 is 5.91. The molecule has 4 bridgehead atoms. The van der Waals surface area contributed by atoms with Gasteiger partial charge in [-0.2, -0.15) is 0 Å². The zero-order valence-electron chi connectivity index (χ0n) is 17.8. The van der Waals surface area contributed by atoms with Gasteiger partial charge >= 0.3 is 0 Å². The summed E-state index contributed by atoms with van der Waals surface area (Å²) in [7, 11) is 1.70. The Hall–Kier alpha value is -2.02. The van der Waals surface area contributed by atoms with Crippen molar-refractivity contribution in [2.75, 3.05) is 0 Å². The Morgan fingerprint density at radius 3 is 2.10 bits per heavy atom. The second kappa shape index (κ2) is 7.91. The van der Waals surface area contributed by atoms with Gasteiger partial charge in [0.15, 0.2) is 0 Å². The number of rotatable bonds is 5. The SMILES string of the molecule is CC(C)[C@H](NC(=O)C12CC3CC(CC(C3)C1)C2)C(=O)NNC(=O)c1cc(Cl)cn1C. The van der Waals surface area contributed by atoms with E-state index in [9.17, 15) is 14.4 Å². The Bertz CT molecular complexity index is 827. The van der Waals surface area contributed by atoms with E-state index in [1.807, 2.05) is 13.8 Å². The van der Waals surface area contributed by atoms with Crippen LogP contribution in [0.1, 0.15) is 62.9 Å². The standard InChI is InChI=1S/C22H31ClN4O3/c1-12(2)18(20(29)26-25-19(28)17-7-16(23)11-27(17)3)24-21(30)22-8-13-4-14(9-22)6-15(5-13)10-22/h7,11-15,18H,4-6,8-10H2,1-3H3,(H,24,30)(H,25,28)(H,26,29)/t13?,14?,15?,18-,22?/m0/s1. The fraction of sp³-hybridized carbons (Fsp3) is 0.682. The van der Waals surface area contributed by atoms with Gasteiger partial charge in [-0.3, -0.25) is 25.2 Å². The number of hydrazine groups is 1. The third-order valence-electron chi connectivity index (χ3n) is 7.26. The van der Waals surface area contributed by atoms with Gasteiger partial charge in [0.1, 0.15) is 11.7 Å². The smallest absolute Gasteiger partial charge is 0.286 e.